The van der Waals surface area contributed by atoms with E-state index in [2.05, 4.69) is 34.0 Å². The molecule has 1 N–H and O–H groups in total. The summed E-state index contributed by atoms with van der Waals surface area (Å²) >= 11 is 1.61. The van der Waals surface area contributed by atoms with Gasteiger partial charge in [-0.2, -0.15) is 0 Å². The average molecular weight is 325 g/mol. The first kappa shape index (κ1) is 15.8. The summed E-state index contributed by atoms with van der Waals surface area (Å²) < 4.78 is 3.25. The zero-order valence-electron chi connectivity index (χ0n) is 13.0. The van der Waals surface area contributed by atoms with Gasteiger partial charge in [0.15, 0.2) is 0 Å². The molecule has 2 heterocycles. The summed E-state index contributed by atoms with van der Waals surface area (Å²) in [4.78, 5) is 18.1. The van der Waals surface area contributed by atoms with Crippen molar-refractivity contribution in [3.05, 3.63) is 60.3 Å². The molecule has 0 atom stereocenters. The molecule has 118 valence electrons. The highest BCUT2D eigenvalue weighted by molar-refractivity contribution is 7.96. The fourth-order valence-electron chi connectivity index (χ4n) is 2.55. The summed E-state index contributed by atoms with van der Waals surface area (Å²) in [5, 5.41) is 0. The van der Waals surface area contributed by atoms with Crippen LogP contribution < -0.4 is 9.62 Å². The number of nitrogens with one attached hydrogen (secondary N) is 1. The van der Waals surface area contributed by atoms with E-state index in [4.69, 9.17) is 0 Å². The molecule has 1 aliphatic rings. The second-order valence-corrected chi connectivity index (χ2v) is 6.01. The normalized spacial score (nSPS) is 14.3. The van der Waals surface area contributed by atoms with Crippen molar-refractivity contribution in [2.45, 2.75) is 13.0 Å². The van der Waals surface area contributed by atoms with Crippen LogP contribution in [0.4, 0.5) is 5.82 Å². The Labute approximate surface area is 140 Å². The van der Waals surface area contributed by atoms with Crippen molar-refractivity contribution < 1.29 is 4.79 Å². The highest BCUT2D eigenvalue weighted by Gasteiger charge is 2.16. The maximum Gasteiger partial charge on any atom is 0.251 e. The molecule has 0 bridgehead atoms. The monoisotopic (exact) mass is 325 g/mol. The minimum Gasteiger partial charge on any atom is -0.293 e. The molecule has 0 fully saturated rings. The van der Waals surface area contributed by atoms with E-state index in [-0.39, 0.29) is 5.91 Å². The number of hydrogen-bond acceptors (Lipinski definition) is 4. The Morgan fingerprint density at radius 3 is 2.91 bits per heavy atom. The van der Waals surface area contributed by atoms with Gasteiger partial charge in [-0.1, -0.05) is 36.2 Å². The number of nitrogens with zero attached hydrogens (tertiary/aromatic N) is 2. The van der Waals surface area contributed by atoms with E-state index in [1.54, 1.807) is 22.9 Å². The maximum atomic E-state index is 11.9. The number of hydrogen-bond donors (Lipinski definition) is 1. The smallest absolute Gasteiger partial charge is 0.251 e. The zero-order valence-corrected chi connectivity index (χ0v) is 13.8. The van der Waals surface area contributed by atoms with Crippen LogP contribution in [0.3, 0.4) is 0 Å². The molecule has 0 aliphatic carbocycles. The number of carbonyl (C=O) groups excluding carboxylic acids is 1. The number of amides is 1. The van der Waals surface area contributed by atoms with Gasteiger partial charge in [-0.3, -0.25) is 14.4 Å². The maximum absolute atomic E-state index is 11.9. The molecule has 23 heavy (non-hydrogen) atoms. The topological polar surface area (TPSA) is 45.2 Å². The largest absolute Gasteiger partial charge is 0.293 e. The first-order valence-corrected chi connectivity index (χ1v) is 8.79. The molecule has 5 heteroatoms. The molecule has 2 aromatic rings. The SMILES string of the molecule is CSNCc1cccc(-c2ccc(N3CCC=CC3=O)nc2)c1. The van der Waals surface area contributed by atoms with Gasteiger partial charge in [0.05, 0.1) is 0 Å². The minimum atomic E-state index is 0.00152. The van der Waals surface area contributed by atoms with Crippen LogP contribution in [0.5, 0.6) is 0 Å². The molecule has 0 saturated carbocycles. The molecule has 3 rings (SSSR count). The standard InChI is InChI=1S/C18H19N3OS/c1-23-20-12-14-5-4-6-15(11-14)16-8-9-17(19-13-16)21-10-3-2-7-18(21)22/h2,4-9,11,13,20H,3,10,12H2,1H3. The highest BCUT2D eigenvalue weighted by atomic mass is 32.2. The van der Waals surface area contributed by atoms with Crippen molar-refractivity contribution in [1.82, 2.24) is 9.71 Å². The van der Waals surface area contributed by atoms with Gasteiger partial charge in [0, 0.05) is 24.8 Å². The van der Waals surface area contributed by atoms with Crippen molar-refractivity contribution in [3.63, 3.8) is 0 Å². The van der Waals surface area contributed by atoms with E-state index in [9.17, 15) is 4.79 Å². The third-order valence-corrected chi connectivity index (χ3v) is 4.18. The van der Waals surface area contributed by atoms with Crippen LogP contribution >= 0.6 is 11.9 Å². The van der Waals surface area contributed by atoms with Gasteiger partial charge < -0.3 is 0 Å². The van der Waals surface area contributed by atoms with Crippen molar-refractivity contribution >= 4 is 23.7 Å². The van der Waals surface area contributed by atoms with Crippen molar-refractivity contribution in [3.8, 4) is 11.1 Å². The Kier molecular flexibility index (Phi) is 5.10. The van der Waals surface area contributed by atoms with Crippen LogP contribution in [0, 0.1) is 0 Å². The van der Waals surface area contributed by atoms with E-state index in [0.717, 1.165) is 24.1 Å². The van der Waals surface area contributed by atoms with E-state index < -0.39 is 0 Å². The third-order valence-electron chi connectivity index (χ3n) is 3.75. The van der Waals surface area contributed by atoms with Crippen LogP contribution in [0.15, 0.2) is 54.7 Å². The van der Waals surface area contributed by atoms with Crippen LogP contribution in [0.25, 0.3) is 11.1 Å². The Morgan fingerprint density at radius 2 is 2.17 bits per heavy atom. The van der Waals surface area contributed by atoms with E-state index in [1.807, 2.05) is 30.7 Å². The zero-order chi connectivity index (χ0) is 16.1. The number of anilines is 1. The van der Waals surface area contributed by atoms with Gasteiger partial charge >= 0.3 is 0 Å². The van der Waals surface area contributed by atoms with Gasteiger partial charge in [0.2, 0.25) is 0 Å². The lowest BCUT2D eigenvalue weighted by Crippen LogP contribution is -2.33. The summed E-state index contributed by atoms with van der Waals surface area (Å²) in [6.45, 7) is 1.52. The van der Waals surface area contributed by atoms with Crippen molar-refractivity contribution in [1.29, 1.82) is 0 Å². The van der Waals surface area contributed by atoms with Crippen LogP contribution in [0.1, 0.15) is 12.0 Å². The van der Waals surface area contributed by atoms with Crippen molar-refractivity contribution in [2.24, 2.45) is 0 Å². The molecular formula is C18H19N3OS. The second kappa shape index (κ2) is 7.44. The molecule has 1 aromatic heterocycles. The summed E-state index contributed by atoms with van der Waals surface area (Å²) in [5.41, 5.74) is 3.42. The predicted octanol–water partition coefficient (Wildman–Crippen LogP) is 3.41. The van der Waals surface area contributed by atoms with Gasteiger partial charge in [0.1, 0.15) is 5.82 Å². The molecule has 0 saturated heterocycles. The summed E-state index contributed by atoms with van der Waals surface area (Å²) in [6.07, 6.45) is 8.24. The first-order chi connectivity index (χ1) is 11.3. The Morgan fingerprint density at radius 1 is 1.26 bits per heavy atom. The third kappa shape index (κ3) is 3.81. The van der Waals surface area contributed by atoms with Gasteiger partial charge in [0.25, 0.3) is 5.91 Å². The molecule has 1 aliphatic heterocycles. The van der Waals surface area contributed by atoms with Gasteiger partial charge in [-0.25, -0.2) is 4.98 Å². The number of pyridine rings is 1. The average Bonchev–Trinajstić information content (AvgIpc) is 2.61. The Balaban J connectivity index is 1.79. The fourth-order valence-corrected chi connectivity index (χ4v) is 2.86. The van der Waals surface area contributed by atoms with Crippen molar-refractivity contribution in [2.75, 3.05) is 17.7 Å². The second-order valence-electron chi connectivity index (χ2n) is 5.31. The lowest BCUT2D eigenvalue weighted by atomic mass is 10.0. The van der Waals surface area contributed by atoms with Gasteiger partial charge in [-0.15, -0.1) is 0 Å². The van der Waals surface area contributed by atoms with Crippen LogP contribution in [0.2, 0.25) is 0 Å². The highest BCUT2D eigenvalue weighted by Crippen LogP contribution is 2.23. The number of aromatic nitrogens is 1. The molecule has 0 spiro atoms. The fraction of sp³-hybridized carbons (Fsp3) is 0.222. The minimum absolute atomic E-state index is 0.00152. The Bertz CT molecular complexity index is 712. The Hall–Kier alpha value is -2.11. The lowest BCUT2D eigenvalue weighted by molar-refractivity contribution is -0.114. The van der Waals surface area contributed by atoms with Gasteiger partial charge in [-0.05, 0) is 48.1 Å². The molecule has 1 aromatic carbocycles. The van der Waals surface area contributed by atoms with E-state index in [0.29, 0.717) is 12.4 Å². The predicted molar refractivity (Wildman–Crippen MR) is 96.1 cm³/mol. The van der Waals surface area contributed by atoms with Crippen LogP contribution in [-0.4, -0.2) is 23.7 Å². The molecule has 0 radical (unpaired) electrons. The number of benzene rings is 1. The molecule has 0 unspecified atom stereocenters. The lowest BCUT2D eigenvalue weighted by Gasteiger charge is -2.22. The summed E-state index contributed by atoms with van der Waals surface area (Å²) in [5.74, 6) is 0.713. The summed E-state index contributed by atoms with van der Waals surface area (Å²) in [7, 11) is 0. The summed E-state index contributed by atoms with van der Waals surface area (Å²) in [6, 6.07) is 12.3. The molecule has 1 amide bonds. The van der Waals surface area contributed by atoms with E-state index >= 15 is 0 Å². The first-order valence-electron chi connectivity index (χ1n) is 7.57. The molecular weight excluding hydrogens is 306 g/mol. The quantitative estimate of drug-likeness (QED) is 0.856. The molecule has 4 nitrogen and oxygen atoms in total. The number of carbonyl (C=O) groups is 1. The number of rotatable bonds is 5. The van der Waals surface area contributed by atoms with Crippen LogP contribution in [-0.2, 0) is 11.3 Å². The van der Waals surface area contributed by atoms with E-state index in [1.165, 1.54) is 5.56 Å².